The second-order valence-corrected chi connectivity index (χ2v) is 8.70. The van der Waals surface area contributed by atoms with Crippen molar-refractivity contribution in [2.24, 2.45) is 5.92 Å². The number of nitrogens with one attached hydrogen (secondary N) is 1. The van der Waals surface area contributed by atoms with Crippen molar-refractivity contribution in [3.05, 3.63) is 56.8 Å². The molecule has 1 aromatic carbocycles. The van der Waals surface area contributed by atoms with Crippen LogP contribution in [0.3, 0.4) is 0 Å². The summed E-state index contributed by atoms with van der Waals surface area (Å²) in [5.41, 5.74) is 2.22. The third-order valence-corrected chi connectivity index (χ3v) is 6.20. The Hall–Kier alpha value is -2.35. The van der Waals surface area contributed by atoms with Gasteiger partial charge in [-0.25, -0.2) is 0 Å². The van der Waals surface area contributed by atoms with Gasteiger partial charge in [0.2, 0.25) is 0 Å². The molecule has 1 aliphatic rings. The summed E-state index contributed by atoms with van der Waals surface area (Å²) in [5.74, 6) is -0.189. The molecule has 0 spiro atoms. The van der Waals surface area contributed by atoms with Gasteiger partial charge in [-0.15, -0.1) is 11.3 Å². The molecule has 29 heavy (non-hydrogen) atoms. The molecule has 8 heteroatoms. The highest BCUT2D eigenvalue weighted by atomic mass is 32.1. The molecular weight excluding hydrogens is 401 g/mol. The Morgan fingerprint density at radius 1 is 1.24 bits per heavy atom. The third kappa shape index (κ3) is 5.59. The first-order valence-corrected chi connectivity index (χ1v) is 10.2. The van der Waals surface area contributed by atoms with Gasteiger partial charge in [0.05, 0.1) is 4.88 Å². The van der Waals surface area contributed by atoms with E-state index in [1.165, 1.54) is 22.6 Å². The molecule has 0 fully saturated rings. The molecule has 1 heterocycles. The second-order valence-electron chi connectivity index (χ2n) is 7.56. The predicted molar refractivity (Wildman–Crippen MR) is 106 cm³/mol. The lowest BCUT2D eigenvalue weighted by molar-refractivity contribution is -0.123. The highest BCUT2D eigenvalue weighted by Crippen LogP contribution is 2.32. The summed E-state index contributed by atoms with van der Waals surface area (Å²) in [6.07, 6.45) is -1.26. The maximum absolute atomic E-state index is 12.8. The Morgan fingerprint density at radius 3 is 2.59 bits per heavy atom. The number of rotatable bonds is 5. The number of hydrogen-bond donors (Lipinski definition) is 1. The number of benzene rings is 1. The van der Waals surface area contributed by atoms with Crippen LogP contribution in [0.2, 0.25) is 0 Å². The minimum absolute atomic E-state index is 0.0518. The summed E-state index contributed by atoms with van der Waals surface area (Å²) in [6, 6.07) is 8.22. The lowest BCUT2D eigenvalue weighted by atomic mass is 9.90. The van der Waals surface area contributed by atoms with Gasteiger partial charge in [-0.05, 0) is 54.5 Å². The largest absolute Gasteiger partial charge is 0.405 e. The third-order valence-electron chi connectivity index (χ3n) is 4.97. The topological polar surface area (TPSA) is 49.4 Å². The normalized spacial score (nSPS) is 16.2. The van der Waals surface area contributed by atoms with Gasteiger partial charge in [0, 0.05) is 24.0 Å². The minimum atomic E-state index is -4.45. The molecule has 0 bridgehead atoms. The number of halogens is 3. The Morgan fingerprint density at radius 2 is 1.93 bits per heavy atom. The SMILES string of the molecule is CC1CCc2sc(C(=O)N(C)Cc3ccc(C(=O)NCC(F)(F)F)cc3)cc2C1. The van der Waals surface area contributed by atoms with Gasteiger partial charge in [0.1, 0.15) is 6.54 Å². The average molecular weight is 424 g/mol. The van der Waals surface area contributed by atoms with E-state index in [4.69, 9.17) is 0 Å². The van der Waals surface area contributed by atoms with E-state index in [-0.39, 0.29) is 11.5 Å². The van der Waals surface area contributed by atoms with Crippen LogP contribution in [-0.4, -0.2) is 36.5 Å². The maximum Gasteiger partial charge on any atom is 0.405 e. The van der Waals surface area contributed by atoms with Gasteiger partial charge in [0.15, 0.2) is 0 Å². The molecule has 1 atom stereocenters. The minimum Gasteiger partial charge on any atom is -0.343 e. The molecule has 2 amide bonds. The van der Waals surface area contributed by atoms with Gasteiger partial charge >= 0.3 is 6.18 Å². The zero-order valence-corrected chi connectivity index (χ0v) is 17.1. The highest BCUT2D eigenvalue weighted by molar-refractivity contribution is 7.14. The van der Waals surface area contributed by atoms with E-state index >= 15 is 0 Å². The number of carbonyl (C=O) groups excluding carboxylic acids is 2. The Labute approximate surface area is 171 Å². The predicted octanol–water partition coefficient (Wildman–Crippen LogP) is 4.44. The monoisotopic (exact) mass is 424 g/mol. The number of alkyl halides is 3. The fourth-order valence-corrected chi connectivity index (χ4v) is 4.59. The molecule has 4 nitrogen and oxygen atoms in total. The summed E-state index contributed by atoms with van der Waals surface area (Å²) in [7, 11) is 1.72. The fourth-order valence-electron chi connectivity index (χ4n) is 3.39. The fraction of sp³-hybridized carbons (Fsp3) is 0.429. The molecule has 2 aromatic rings. The molecule has 0 saturated heterocycles. The van der Waals surface area contributed by atoms with Crippen molar-refractivity contribution in [3.8, 4) is 0 Å². The van der Waals surface area contributed by atoms with E-state index in [1.54, 1.807) is 35.4 Å². The number of nitrogens with zero attached hydrogens (tertiary/aromatic N) is 1. The molecule has 3 rings (SSSR count). The molecule has 1 aliphatic carbocycles. The van der Waals surface area contributed by atoms with Crippen molar-refractivity contribution in [2.45, 2.75) is 38.9 Å². The number of amides is 2. The average Bonchev–Trinajstić information content (AvgIpc) is 3.08. The number of aryl methyl sites for hydroxylation is 1. The summed E-state index contributed by atoms with van der Waals surface area (Å²) >= 11 is 1.56. The molecule has 0 saturated carbocycles. The first-order chi connectivity index (χ1) is 13.6. The van der Waals surface area contributed by atoms with Crippen molar-refractivity contribution in [3.63, 3.8) is 0 Å². The van der Waals surface area contributed by atoms with Gasteiger partial charge in [-0.2, -0.15) is 13.2 Å². The lowest BCUT2D eigenvalue weighted by Gasteiger charge is -2.16. The molecule has 0 aliphatic heterocycles. The van der Waals surface area contributed by atoms with E-state index in [1.807, 2.05) is 11.4 Å². The summed E-state index contributed by atoms with van der Waals surface area (Å²) in [4.78, 5) is 28.2. The van der Waals surface area contributed by atoms with Crippen LogP contribution < -0.4 is 5.32 Å². The molecule has 1 aromatic heterocycles. The summed E-state index contributed by atoms with van der Waals surface area (Å²) < 4.78 is 36.6. The van der Waals surface area contributed by atoms with Crippen molar-refractivity contribution in [1.82, 2.24) is 10.2 Å². The van der Waals surface area contributed by atoms with E-state index in [0.717, 1.165) is 29.7 Å². The van der Waals surface area contributed by atoms with Crippen LogP contribution in [-0.2, 0) is 19.4 Å². The van der Waals surface area contributed by atoms with Crippen molar-refractivity contribution in [2.75, 3.05) is 13.6 Å². The lowest BCUT2D eigenvalue weighted by Crippen LogP contribution is -2.33. The molecule has 1 N–H and O–H groups in total. The number of hydrogen-bond acceptors (Lipinski definition) is 3. The van der Waals surface area contributed by atoms with Crippen LogP contribution >= 0.6 is 11.3 Å². The maximum atomic E-state index is 12.8. The Bertz CT molecular complexity index is 890. The van der Waals surface area contributed by atoms with Crippen molar-refractivity contribution in [1.29, 1.82) is 0 Å². The second kappa shape index (κ2) is 8.57. The number of carbonyl (C=O) groups is 2. The van der Waals surface area contributed by atoms with Crippen LogP contribution in [0, 0.1) is 5.92 Å². The summed E-state index contributed by atoms with van der Waals surface area (Å²) in [6.45, 7) is 1.21. The Kier molecular flexibility index (Phi) is 6.31. The zero-order chi connectivity index (χ0) is 21.2. The van der Waals surface area contributed by atoms with Crippen LogP contribution in [0.15, 0.2) is 30.3 Å². The smallest absolute Gasteiger partial charge is 0.343 e. The van der Waals surface area contributed by atoms with E-state index in [0.29, 0.717) is 12.5 Å². The van der Waals surface area contributed by atoms with Crippen LogP contribution in [0.1, 0.15) is 49.4 Å². The van der Waals surface area contributed by atoms with Crippen molar-refractivity contribution >= 4 is 23.2 Å². The standard InChI is InChI=1S/C21H23F3N2O2S/c1-13-3-8-17-16(9-13)10-18(29-17)20(28)26(2)11-14-4-6-15(7-5-14)19(27)25-12-21(22,23)24/h4-7,10,13H,3,8-9,11-12H2,1-2H3,(H,25,27). The first-order valence-electron chi connectivity index (χ1n) is 9.43. The van der Waals surface area contributed by atoms with E-state index < -0.39 is 18.6 Å². The van der Waals surface area contributed by atoms with Gasteiger partial charge in [-0.1, -0.05) is 19.1 Å². The van der Waals surface area contributed by atoms with Gasteiger partial charge < -0.3 is 10.2 Å². The highest BCUT2D eigenvalue weighted by Gasteiger charge is 2.28. The molecule has 0 radical (unpaired) electrons. The molecule has 1 unspecified atom stereocenters. The number of thiophene rings is 1. The van der Waals surface area contributed by atoms with Crippen molar-refractivity contribution < 1.29 is 22.8 Å². The van der Waals surface area contributed by atoms with Crippen LogP contribution in [0.25, 0.3) is 0 Å². The quantitative estimate of drug-likeness (QED) is 0.772. The number of fused-ring (bicyclic) bond motifs is 1. The van der Waals surface area contributed by atoms with Gasteiger partial charge in [0.25, 0.3) is 11.8 Å². The molecule has 156 valence electrons. The van der Waals surface area contributed by atoms with Crippen LogP contribution in [0.5, 0.6) is 0 Å². The summed E-state index contributed by atoms with van der Waals surface area (Å²) in [5, 5.41) is 1.84. The van der Waals surface area contributed by atoms with Crippen LogP contribution in [0.4, 0.5) is 13.2 Å². The van der Waals surface area contributed by atoms with Gasteiger partial charge in [-0.3, -0.25) is 9.59 Å². The zero-order valence-electron chi connectivity index (χ0n) is 16.3. The molecular formula is C21H23F3N2O2S. The Balaban J connectivity index is 1.60. The first kappa shape index (κ1) is 21.4. The van der Waals surface area contributed by atoms with E-state index in [9.17, 15) is 22.8 Å². The van der Waals surface area contributed by atoms with E-state index in [2.05, 4.69) is 6.92 Å².